The molecule has 2 N–H and O–H groups in total. The highest BCUT2D eigenvalue weighted by Gasteiger charge is 2.21. The zero-order chi connectivity index (χ0) is 19.9. The zero-order valence-electron chi connectivity index (χ0n) is 17.5. The van der Waals surface area contributed by atoms with Crippen LogP contribution in [0.1, 0.15) is 30.6 Å². The number of pyridine rings is 1. The van der Waals surface area contributed by atoms with Crippen molar-refractivity contribution < 1.29 is 9.47 Å². The van der Waals surface area contributed by atoms with Crippen molar-refractivity contribution in [2.24, 2.45) is 0 Å². The van der Waals surface area contributed by atoms with E-state index >= 15 is 0 Å². The van der Waals surface area contributed by atoms with Gasteiger partial charge in [-0.05, 0) is 54.8 Å². The Labute approximate surface area is 196 Å². The standard InChI is InChI=1S/C24H27N3O2.2ClH/c1-2-25-14-15-26-20-9-13-24(27-17-20)28-21-10-12-23-19(16-21)8-11-22(29-23)18-6-4-3-5-7-18;;/h3-7,9-10,12-13,16-17,22,25-26H,2,8,11,14-15H2,1H3;2*1H. The van der Waals surface area contributed by atoms with Crippen molar-refractivity contribution in [3.05, 3.63) is 78.0 Å². The average molecular weight is 462 g/mol. The fraction of sp³-hybridized carbons (Fsp3) is 0.292. The predicted octanol–water partition coefficient (Wildman–Crippen LogP) is 5.81. The number of aromatic nitrogens is 1. The molecule has 1 aliphatic heterocycles. The van der Waals surface area contributed by atoms with Crippen LogP contribution in [-0.4, -0.2) is 24.6 Å². The van der Waals surface area contributed by atoms with Crippen LogP contribution in [-0.2, 0) is 6.42 Å². The van der Waals surface area contributed by atoms with E-state index in [1.807, 2.05) is 30.3 Å². The lowest BCUT2D eigenvalue weighted by molar-refractivity contribution is 0.176. The van der Waals surface area contributed by atoms with E-state index in [1.54, 1.807) is 6.20 Å². The molecule has 0 bridgehead atoms. The monoisotopic (exact) mass is 461 g/mol. The maximum Gasteiger partial charge on any atom is 0.219 e. The first-order chi connectivity index (χ1) is 14.3. The molecule has 4 rings (SSSR count). The van der Waals surface area contributed by atoms with Crippen molar-refractivity contribution in [1.29, 1.82) is 0 Å². The molecule has 2 heterocycles. The molecule has 31 heavy (non-hydrogen) atoms. The topological polar surface area (TPSA) is 55.4 Å². The van der Waals surface area contributed by atoms with Crippen molar-refractivity contribution in [2.75, 3.05) is 25.0 Å². The zero-order valence-corrected chi connectivity index (χ0v) is 19.2. The second kappa shape index (κ2) is 12.4. The summed E-state index contributed by atoms with van der Waals surface area (Å²) in [5.74, 6) is 2.30. The van der Waals surface area contributed by atoms with Gasteiger partial charge in [-0.3, -0.25) is 0 Å². The Balaban J connectivity index is 0.00000171. The van der Waals surface area contributed by atoms with E-state index in [4.69, 9.17) is 9.47 Å². The second-order valence-electron chi connectivity index (χ2n) is 7.09. The third kappa shape index (κ3) is 6.76. The van der Waals surface area contributed by atoms with Gasteiger partial charge >= 0.3 is 0 Å². The molecule has 1 aliphatic rings. The average Bonchev–Trinajstić information content (AvgIpc) is 2.78. The third-order valence-electron chi connectivity index (χ3n) is 4.99. The van der Waals surface area contributed by atoms with Crippen LogP contribution < -0.4 is 20.1 Å². The van der Waals surface area contributed by atoms with E-state index in [0.29, 0.717) is 5.88 Å². The van der Waals surface area contributed by atoms with Gasteiger partial charge in [0, 0.05) is 19.2 Å². The molecular weight excluding hydrogens is 433 g/mol. The number of anilines is 1. The van der Waals surface area contributed by atoms with E-state index in [9.17, 15) is 0 Å². The third-order valence-corrected chi connectivity index (χ3v) is 4.99. The molecule has 0 saturated carbocycles. The molecule has 7 heteroatoms. The normalized spacial score (nSPS) is 14.3. The molecule has 1 atom stereocenters. The van der Waals surface area contributed by atoms with Crippen molar-refractivity contribution >= 4 is 30.5 Å². The van der Waals surface area contributed by atoms with Gasteiger partial charge in [-0.25, -0.2) is 4.98 Å². The Morgan fingerprint density at radius 3 is 2.61 bits per heavy atom. The Morgan fingerprint density at radius 2 is 1.87 bits per heavy atom. The maximum absolute atomic E-state index is 6.21. The first-order valence-electron chi connectivity index (χ1n) is 10.2. The van der Waals surface area contributed by atoms with Crippen LogP contribution in [0.3, 0.4) is 0 Å². The maximum atomic E-state index is 6.21. The van der Waals surface area contributed by atoms with Crippen LogP contribution in [0.2, 0.25) is 0 Å². The highest BCUT2D eigenvalue weighted by atomic mass is 35.5. The fourth-order valence-corrected chi connectivity index (χ4v) is 3.47. The Hall–Kier alpha value is -2.47. The summed E-state index contributed by atoms with van der Waals surface area (Å²) in [6, 6.07) is 20.3. The molecule has 0 amide bonds. The summed E-state index contributed by atoms with van der Waals surface area (Å²) in [6.07, 6.45) is 3.85. The lowest BCUT2D eigenvalue weighted by Gasteiger charge is -2.26. The van der Waals surface area contributed by atoms with Crippen LogP contribution in [0.4, 0.5) is 5.69 Å². The molecule has 0 radical (unpaired) electrons. The SMILES string of the molecule is CCNCCNc1ccc(Oc2ccc3c(c2)CCC(c2ccccc2)O3)nc1.Cl.Cl. The number of aryl methyl sites for hydroxylation is 1. The van der Waals surface area contributed by atoms with Crippen LogP contribution >= 0.6 is 24.8 Å². The lowest BCUT2D eigenvalue weighted by atomic mass is 9.97. The van der Waals surface area contributed by atoms with Gasteiger partial charge in [0.2, 0.25) is 5.88 Å². The van der Waals surface area contributed by atoms with Gasteiger partial charge in [-0.1, -0.05) is 37.3 Å². The molecule has 0 aliphatic carbocycles. The van der Waals surface area contributed by atoms with Crippen molar-refractivity contribution in [3.8, 4) is 17.4 Å². The van der Waals surface area contributed by atoms with Gasteiger partial charge in [-0.2, -0.15) is 0 Å². The number of nitrogens with one attached hydrogen (secondary N) is 2. The number of rotatable bonds is 8. The number of hydrogen-bond acceptors (Lipinski definition) is 5. The molecular formula is C24H29Cl2N3O2. The summed E-state index contributed by atoms with van der Waals surface area (Å²) in [6.45, 7) is 4.87. The first kappa shape index (κ1) is 24.8. The smallest absolute Gasteiger partial charge is 0.219 e. The lowest BCUT2D eigenvalue weighted by Crippen LogP contribution is -2.21. The second-order valence-corrected chi connectivity index (χ2v) is 7.09. The number of likely N-dealkylation sites (N-methyl/N-ethyl adjacent to an activating group) is 1. The van der Waals surface area contributed by atoms with Crippen LogP contribution in [0.25, 0.3) is 0 Å². The highest BCUT2D eigenvalue weighted by Crippen LogP contribution is 2.37. The summed E-state index contributed by atoms with van der Waals surface area (Å²) in [5, 5.41) is 6.61. The minimum atomic E-state index is 0. The minimum absolute atomic E-state index is 0. The molecule has 0 spiro atoms. The number of halogens is 2. The number of ether oxygens (including phenoxy) is 2. The summed E-state index contributed by atoms with van der Waals surface area (Å²) in [4.78, 5) is 4.40. The Bertz CT molecular complexity index is 924. The molecule has 0 saturated heterocycles. The first-order valence-corrected chi connectivity index (χ1v) is 10.2. The molecule has 2 aromatic carbocycles. The van der Waals surface area contributed by atoms with Crippen molar-refractivity contribution in [1.82, 2.24) is 10.3 Å². The van der Waals surface area contributed by atoms with Crippen molar-refractivity contribution in [3.63, 3.8) is 0 Å². The van der Waals surface area contributed by atoms with E-state index in [1.165, 1.54) is 11.1 Å². The minimum Gasteiger partial charge on any atom is -0.485 e. The summed E-state index contributed by atoms with van der Waals surface area (Å²) >= 11 is 0. The molecule has 0 fully saturated rings. The van der Waals surface area contributed by atoms with Crippen LogP contribution in [0.15, 0.2) is 66.9 Å². The Kier molecular flexibility index (Phi) is 9.92. The summed E-state index contributed by atoms with van der Waals surface area (Å²) in [7, 11) is 0. The molecule has 5 nitrogen and oxygen atoms in total. The largest absolute Gasteiger partial charge is 0.485 e. The number of benzene rings is 2. The molecule has 1 unspecified atom stereocenters. The van der Waals surface area contributed by atoms with E-state index in [2.05, 4.69) is 52.9 Å². The van der Waals surface area contributed by atoms with E-state index < -0.39 is 0 Å². The highest BCUT2D eigenvalue weighted by molar-refractivity contribution is 5.85. The molecule has 166 valence electrons. The van der Waals surface area contributed by atoms with Gasteiger partial charge in [0.05, 0.1) is 11.9 Å². The van der Waals surface area contributed by atoms with Gasteiger partial charge < -0.3 is 20.1 Å². The Morgan fingerprint density at radius 1 is 1.03 bits per heavy atom. The number of hydrogen-bond donors (Lipinski definition) is 2. The van der Waals surface area contributed by atoms with Gasteiger partial charge in [0.25, 0.3) is 0 Å². The number of nitrogens with zero attached hydrogens (tertiary/aromatic N) is 1. The van der Waals surface area contributed by atoms with Gasteiger partial charge in [-0.15, -0.1) is 24.8 Å². The number of fused-ring (bicyclic) bond motifs is 1. The van der Waals surface area contributed by atoms with E-state index in [0.717, 1.165) is 49.7 Å². The summed E-state index contributed by atoms with van der Waals surface area (Å²) < 4.78 is 12.2. The van der Waals surface area contributed by atoms with Gasteiger partial charge in [0.15, 0.2) is 0 Å². The van der Waals surface area contributed by atoms with Crippen LogP contribution in [0.5, 0.6) is 17.4 Å². The van der Waals surface area contributed by atoms with E-state index in [-0.39, 0.29) is 30.9 Å². The fourth-order valence-electron chi connectivity index (χ4n) is 3.47. The summed E-state index contributed by atoms with van der Waals surface area (Å²) in [5.41, 5.74) is 3.39. The molecule has 1 aromatic heterocycles. The molecule has 3 aromatic rings. The predicted molar refractivity (Wildman–Crippen MR) is 130 cm³/mol. The van der Waals surface area contributed by atoms with Crippen molar-refractivity contribution in [2.45, 2.75) is 25.9 Å². The van der Waals surface area contributed by atoms with Gasteiger partial charge in [0.1, 0.15) is 17.6 Å². The quantitative estimate of drug-likeness (QED) is 0.414. The van der Waals surface area contributed by atoms with Crippen LogP contribution in [0, 0.1) is 0 Å².